The second kappa shape index (κ2) is 31.3. The highest BCUT2D eigenvalue weighted by Gasteiger charge is 2.47. The maximum Gasteiger partial charge on any atom is 0.252 e. The van der Waals surface area contributed by atoms with Crippen LogP contribution in [0.1, 0.15) is 11.1 Å². The quantitative estimate of drug-likeness (QED) is 0.0832. The third-order valence-electron chi connectivity index (χ3n) is 26.3. The first-order valence-corrected chi connectivity index (χ1v) is 44.2. The molecule has 0 aliphatic carbocycles. The molecular formula is C118H84B2N8. The molecule has 0 saturated carbocycles. The van der Waals surface area contributed by atoms with Crippen molar-refractivity contribution in [2.45, 2.75) is 13.8 Å². The molecular weight excluding hydrogens is 1550 g/mol. The number of para-hydroxylation sites is 7. The number of hydrogen-bond acceptors (Lipinski definition) is 8. The Kier molecular flexibility index (Phi) is 18.4. The van der Waals surface area contributed by atoms with Crippen molar-refractivity contribution in [3.63, 3.8) is 0 Å². The van der Waals surface area contributed by atoms with Crippen LogP contribution in [0.2, 0.25) is 0 Å². The van der Waals surface area contributed by atoms with Gasteiger partial charge in [-0.3, -0.25) is 0 Å². The highest BCUT2D eigenvalue weighted by Crippen LogP contribution is 2.53. The SMILES string of the molecule is Cc1ccc(N2c3cc(N(c4ccccc4)c4ccccc4)ccc3B3c4ccc(N(c5ccccc5)c5ccccc5)cc4N(c4ccc(C)c(-c5ccc(N(c6ccccc6)c6ccc7c(c6)N(c6cccc8ccccc68)c6cccc8c6B7c6ccc(N(c7ccccc7)c7ccccc7)cc6N8c6cccc7ccccc67)cc5)c4)c4cccc2c43)cc1. The summed E-state index contributed by atoms with van der Waals surface area (Å²) in [5.74, 6) is 0. The van der Waals surface area contributed by atoms with Crippen molar-refractivity contribution in [2.75, 3.05) is 39.2 Å². The molecule has 0 amide bonds. The predicted octanol–water partition coefficient (Wildman–Crippen LogP) is 28.3. The van der Waals surface area contributed by atoms with Crippen molar-refractivity contribution in [1.82, 2.24) is 0 Å². The Morgan fingerprint density at radius 3 is 0.805 bits per heavy atom. The summed E-state index contributed by atoms with van der Waals surface area (Å²) < 4.78 is 0. The molecule has 0 radical (unpaired) electrons. The van der Waals surface area contributed by atoms with Crippen molar-refractivity contribution >= 4 is 204 Å². The fourth-order valence-corrected chi connectivity index (χ4v) is 20.6. The summed E-state index contributed by atoms with van der Waals surface area (Å²) in [4.78, 5) is 19.8. The van der Waals surface area contributed by atoms with Crippen molar-refractivity contribution in [3.05, 3.63) is 484 Å². The summed E-state index contributed by atoms with van der Waals surface area (Å²) in [6.07, 6.45) is 0. The standard InChI is InChI=1S/C118H84B2N8/c1-81-58-63-94(64-59-81)125-109-54-30-55-110-117(109)119(103-72-68-96(77-113(103)125)121(86-36-10-3-11-37-86)87-38-12-4-13-39-87)104-73-69-97(122(88-40-14-5-15-41-88)89-42-16-6-17-43-89)78-114(104)126(110)95-65-60-82(2)102(76-95)85-61-66-93(67-62-85)124(92-48-22-9-23-49-92)99-71-75-106-116(80-99)128(108-53-29-35-84-33-25-27-51-101(84)108)112-57-31-56-111-118(112)120(106)105-74-70-98(123(90-44-18-7-19-45-90)91-46-20-8-21-47-91)79-115(105)127(111)107-52-28-34-83-32-24-26-50-100(83)107/h3-80H,1-2H3. The van der Waals surface area contributed by atoms with Gasteiger partial charge in [0.2, 0.25) is 0 Å². The second-order valence-electron chi connectivity index (χ2n) is 33.7. The molecule has 4 aliphatic rings. The fourth-order valence-electron chi connectivity index (χ4n) is 20.6. The topological polar surface area (TPSA) is 25.9 Å². The lowest BCUT2D eigenvalue weighted by Crippen LogP contribution is -2.61. The summed E-state index contributed by atoms with van der Waals surface area (Å²) in [6, 6.07) is 175. The van der Waals surface area contributed by atoms with Crippen LogP contribution in [0.25, 0.3) is 32.7 Å². The summed E-state index contributed by atoms with van der Waals surface area (Å²) in [5.41, 5.74) is 38.2. The molecule has 10 heteroatoms. The van der Waals surface area contributed by atoms with Gasteiger partial charge in [0.15, 0.2) is 0 Å². The molecule has 128 heavy (non-hydrogen) atoms. The highest BCUT2D eigenvalue weighted by atomic mass is 15.2. The van der Waals surface area contributed by atoms with E-state index in [2.05, 4.69) is 526 Å². The Balaban J connectivity index is 0.661. The Hall–Kier alpha value is -16.6. The van der Waals surface area contributed by atoms with Crippen LogP contribution >= 0.6 is 0 Å². The van der Waals surface area contributed by atoms with Crippen molar-refractivity contribution in [3.8, 4) is 11.1 Å². The predicted molar refractivity (Wildman–Crippen MR) is 543 cm³/mol. The normalized spacial score (nSPS) is 12.5. The minimum absolute atomic E-state index is 0.149. The van der Waals surface area contributed by atoms with Gasteiger partial charge in [-0.25, -0.2) is 0 Å². The maximum atomic E-state index is 2.57. The minimum atomic E-state index is -0.166. The molecule has 0 aromatic heterocycles. The Labute approximate surface area is 747 Å². The van der Waals surface area contributed by atoms with Gasteiger partial charge >= 0.3 is 0 Å². The highest BCUT2D eigenvalue weighted by molar-refractivity contribution is 7.01. The van der Waals surface area contributed by atoms with Crippen molar-refractivity contribution in [1.29, 1.82) is 0 Å². The van der Waals surface area contributed by atoms with E-state index in [0.717, 1.165) is 148 Å². The smallest absolute Gasteiger partial charge is 0.252 e. The first-order valence-electron chi connectivity index (χ1n) is 44.2. The van der Waals surface area contributed by atoms with Crippen molar-refractivity contribution < 1.29 is 0 Å². The molecule has 4 aliphatic heterocycles. The molecule has 0 N–H and O–H groups in total. The van der Waals surface area contributed by atoms with E-state index in [0.29, 0.717) is 0 Å². The summed E-state index contributed by atoms with van der Waals surface area (Å²) in [7, 11) is 0. The summed E-state index contributed by atoms with van der Waals surface area (Å²) in [6.45, 7) is 4.12. The van der Waals surface area contributed by atoms with Gasteiger partial charge < -0.3 is 39.2 Å². The third kappa shape index (κ3) is 12.7. The van der Waals surface area contributed by atoms with Crippen LogP contribution in [0.15, 0.2) is 473 Å². The molecule has 602 valence electrons. The van der Waals surface area contributed by atoms with Crippen LogP contribution in [-0.4, -0.2) is 13.4 Å². The molecule has 20 aromatic rings. The number of anilines is 24. The number of rotatable bonds is 17. The lowest BCUT2D eigenvalue weighted by Gasteiger charge is -2.45. The van der Waals surface area contributed by atoms with E-state index in [1.165, 1.54) is 65.4 Å². The van der Waals surface area contributed by atoms with Crippen LogP contribution in [0, 0.1) is 13.8 Å². The van der Waals surface area contributed by atoms with E-state index < -0.39 is 0 Å². The molecule has 20 aromatic carbocycles. The van der Waals surface area contributed by atoms with Gasteiger partial charge in [0.25, 0.3) is 13.4 Å². The van der Waals surface area contributed by atoms with E-state index in [1.807, 2.05) is 0 Å². The number of nitrogens with zero attached hydrogens (tertiary/aromatic N) is 8. The zero-order chi connectivity index (χ0) is 84.9. The molecule has 0 fully saturated rings. The van der Waals surface area contributed by atoms with Crippen LogP contribution < -0.4 is 72.0 Å². The van der Waals surface area contributed by atoms with Gasteiger partial charge in [0.1, 0.15) is 0 Å². The second-order valence-corrected chi connectivity index (χ2v) is 33.7. The Morgan fingerprint density at radius 2 is 0.453 bits per heavy atom. The van der Waals surface area contributed by atoms with Gasteiger partial charge in [0, 0.05) is 136 Å². The minimum Gasteiger partial charge on any atom is -0.311 e. The first kappa shape index (κ1) is 75.2. The van der Waals surface area contributed by atoms with Crippen LogP contribution in [0.4, 0.5) is 136 Å². The average molecular weight is 1640 g/mol. The van der Waals surface area contributed by atoms with E-state index in [1.54, 1.807) is 0 Å². The zero-order valence-corrected chi connectivity index (χ0v) is 70.8. The molecule has 0 spiro atoms. The van der Waals surface area contributed by atoms with E-state index >= 15 is 0 Å². The largest absolute Gasteiger partial charge is 0.311 e. The monoisotopic (exact) mass is 1630 g/mol. The van der Waals surface area contributed by atoms with Gasteiger partial charge in [0.05, 0.1) is 11.4 Å². The van der Waals surface area contributed by atoms with Crippen LogP contribution in [0.5, 0.6) is 0 Å². The van der Waals surface area contributed by atoms with Crippen LogP contribution in [0.3, 0.4) is 0 Å². The lowest BCUT2D eigenvalue weighted by atomic mass is 9.33. The number of benzene rings is 20. The molecule has 0 atom stereocenters. The molecule has 0 saturated heterocycles. The molecule has 0 bridgehead atoms. The number of hydrogen-bond donors (Lipinski definition) is 0. The maximum absolute atomic E-state index is 2.57. The summed E-state index contributed by atoms with van der Waals surface area (Å²) in [5, 5.41) is 4.71. The Morgan fingerprint density at radius 1 is 0.188 bits per heavy atom. The van der Waals surface area contributed by atoms with Gasteiger partial charge in [-0.2, -0.15) is 0 Å². The lowest BCUT2D eigenvalue weighted by molar-refractivity contribution is 1.23. The number of aryl methyl sites for hydroxylation is 2. The van der Waals surface area contributed by atoms with Crippen molar-refractivity contribution in [2.24, 2.45) is 0 Å². The summed E-state index contributed by atoms with van der Waals surface area (Å²) >= 11 is 0. The first-order chi connectivity index (χ1) is 63.4. The molecule has 4 heterocycles. The van der Waals surface area contributed by atoms with Gasteiger partial charge in [-0.15, -0.1) is 0 Å². The van der Waals surface area contributed by atoms with Gasteiger partial charge in [-0.1, -0.05) is 272 Å². The number of fused-ring (bicyclic) bond motifs is 10. The fraction of sp³-hybridized carbons (Fsp3) is 0.0169. The molecule has 24 rings (SSSR count). The zero-order valence-electron chi connectivity index (χ0n) is 70.8. The third-order valence-corrected chi connectivity index (χ3v) is 26.3. The van der Waals surface area contributed by atoms with E-state index in [9.17, 15) is 0 Å². The van der Waals surface area contributed by atoms with Gasteiger partial charge in [-0.05, 0) is 280 Å². The van der Waals surface area contributed by atoms with Crippen LogP contribution in [-0.2, 0) is 0 Å². The Bertz CT molecular complexity index is 7510. The van der Waals surface area contributed by atoms with E-state index in [-0.39, 0.29) is 13.4 Å². The van der Waals surface area contributed by atoms with E-state index in [4.69, 9.17) is 0 Å². The molecule has 8 nitrogen and oxygen atoms in total. The average Bonchev–Trinajstić information content (AvgIpc) is 0.697. The molecule has 0 unspecified atom stereocenters.